The standard InChI is InChI=1S/C15H19N5O2/c1-9(2)13-18-14-10(5-4-8-20(14)19-13)17-15(22)12-11(21)6-3-7-16-12/h3,6-7,9-10,21H,4-5,8H2,1-2H3,(H,17,22). The van der Waals surface area contributed by atoms with Gasteiger partial charge in [0.15, 0.2) is 11.5 Å². The van der Waals surface area contributed by atoms with Gasteiger partial charge in [-0.05, 0) is 25.0 Å². The third kappa shape index (κ3) is 2.66. The van der Waals surface area contributed by atoms with Crippen molar-refractivity contribution in [2.75, 3.05) is 0 Å². The third-order valence-electron chi connectivity index (χ3n) is 3.71. The van der Waals surface area contributed by atoms with Gasteiger partial charge in [-0.25, -0.2) is 14.6 Å². The number of aromatic nitrogens is 4. The summed E-state index contributed by atoms with van der Waals surface area (Å²) in [5, 5.41) is 17.1. The summed E-state index contributed by atoms with van der Waals surface area (Å²) in [6.07, 6.45) is 3.21. The molecule has 7 heteroatoms. The van der Waals surface area contributed by atoms with E-state index in [1.807, 2.05) is 18.5 Å². The minimum atomic E-state index is -0.398. The summed E-state index contributed by atoms with van der Waals surface area (Å²) >= 11 is 0. The molecule has 0 radical (unpaired) electrons. The van der Waals surface area contributed by atoms with Gasteiger partial charge < -0.3 is 10.4 Å². The lowest BCUT2D eigenvalue weighted by Gasteiger charge is -2.22. The first-order valence-corrected chi connectivity index (χ1v) is 7.45. The molecule has 0 saturated carbocycles. The summed E-state index contributed by atoms with van der Waals surface area (Å²) in [6.45, 7) is 4.90. The number of nitrogens with zero attached hydrogens (tertiary/aromatic N) is 4. The van der Waals surface area contributed by atoms with E-state index in [1.54, 1.807) is 6.07 Å². The van der Waals surface area contributed by atoms with Gasteiger partial charge in [0, 0.05) is 18.7 Å². The summed E-state index contributed by atoms with van der Waals surface area (Å²) in [4.78, 5) is 20.8. The van der Waals surface area contributed by atoms with E-state index in [1.165, 1.54) is 12.3 Å². The minimum Gasteiger partial charge on any atom is -0.505 e. The SMILES string of the molecule is CC(C)c1nc2n(n1)CCCC2NC(=O)c1ncccc1O. The molecule has 0 fully saturated rings. The van der Waals surface area contributed by atoms with Gasteiger partial charge in [-0.2, -0.15) is 5.10 Å². The average Bonchev–Trinajstić information content (AvgIpc) is 2.93. The molecule has 22 heavy (non-hydrogen) atoms. The largest absolute Gasteiger partial charge is 0.505 e. The number of hydrogen-bond acceptors (Lipinski definition) is 5. The Morgan fingerprint density at radius 1 is 1.50 bits per heavy atom. The number of hydrogen-bond donors (Lipinski definition) is 2. The molecule has 2 N–H and O–H groups in total. The number of amides is 1. The summed E-state index contributed by atoms with van der Waals surface area (Å²) in [6, 6.07) is 2.82. The molecule has 3 rings (SSSR count). The van der Waals surface area contributed by atoms with Crippen LogP contribution in [0.2, 0.25) is 0 Å². The highest BCUT2D eigenvalue weighted by Crippen LogP contribution is 2.25. The van der Waals surface area contributed by atoms with E-state index in [0.717, 1.165) is 31.0 Å². The van der Waals surface area contributed by atoms with Crippen LogP contribution in [-0.2, 0) is 6.54 Å². The lowest BCUT2D eigenvalue weighted by molar-refractivity contribution is 0.0919. The van der Waals surface area contributed by atoms with Crippen molar-refractivity contribution in [3.8, 4) is 5.75 Å². The molecule has 7 nitrogen and oxygen atoms in total. The lowest BCUT2D eigenvalue weighted by atomic mass is 10.1. The van der Waals surface area contributed by atoms with Crippen molar-refractivity contribution in [3.63, 3.8) is 0 Å². The fraction of sp³-hybridized carbons (Fsp3) is 0.467. The zero-order valence-electron chi connectivity index (χ0n) is 12.7. The lowest BCUT2D eigenvalue weighted by Crippen LogP contribution is -2.33. The highest BCUT2D eigenvalue weighted by molar-refractivity contribution is 5.94. The molecule has 1 aliphatic rings. The molecule has 1 amide bonds. The number of aryl methyl sites for hydroxylation is 1. The van der Waals surface area contributed by atoms with E-state index < -0.39 is 5.91 Å². The molecular weight excluding hydrogens is 282 g/mol. The molecule has 0 aliphatic carbocycles. The normalized spacial score (nSPS) is 17.3. The predicted molar refractivity (Wildman–Crippen MR) is 79.5 cm³/mol. The van der Waals surface area contributed by atoms with Crippen molar-refractivity contribution >= 4 is 5.91 Å². The molecule has 3 heterocycles. The van der Waals surface area contributed by atoms with E-state index in [-0.39, 0.29) is 23.4 Å². The summed E-state index contributed by atoms with van der Waals surface area (Å²) in [7, 11) is 0. The number of nitrogens with one attached hydrogen (secondary N) is 1. The molecule has 1 aliphatic heterocycles. The molecule has 0 spiro atoms. The second-order valence-corrected chi connectivity index (χ2v) is 5.75. The molecule has 0 bridgehead atoms. The maximum Gasteiger partial charge on any atom is 0.274 e. The number of fused-ring (bicyclic) bond motifs is 1. The maximum atomic E-state index is 12.3. The van der Waals surface area contributed by atoms with Crippen LogP contribution in [0.5, 0.6) is 5.75 Å². The van der Waals surface area contributed by atoms with E-state index >= 15 is 0 Å². The van der Waals surface area contributed by atoms with Gasteiger partial charge in [0.2, 0.25) is 0 Å². The van der Waals surface area contributed by atoms with Crippen molar-refractivity contribution in [2.24, 2.45) is 0 Å². The molecule has 2 aromatic rings. The van der Waals surface area contributed by atoms with Crippen LogP contribution < -0.4 is 5.32 Å². The van der Waals surface area contributed by atoms with Crippen LogP contribution in [0.4, 0.5) is 0 Å². The van der Waals surface area contributed by atoms with Crippen LogP contribution in [0.1, 0.15) is 60.8 Å². The highest BCUT2D eigenvalue weighted by Gasteiger charge is 2.27. The van der Waals surface area contributed by atoms with Crippen LogP contribution in [0, 0.1) is 0 Å². The van der Waals surface area contributed by atoms with Gasteiger partial charge in [-0.3, -0.25) is 4.79 Å². The summed E-state index contributed by atoms with van der Waals surface area (Å²) in [5.41, 5.74) is 0.0308. The average molecular weight is 301 g/mol. The molecule has 0 saturated heterocycles. The van der Waals surface area contributed by atoms with E-state index in [2.05, 4.69) is 20.4 Å². The first-order chi connectivity index (χ1) is 10.6. The number of rotatable bonds is 3. The Hall–Kier alpha value is -2.44. The van der Waals surface area contributed by atoms with Crippen molar-refractivity contribution in [3.05, 3.63) is 35.7 Å². The maximum absolute atomic E-state index is 12.3. The van der Waals surface area contributed by atoms with Crippen molar-refractivity contribution < 1.29 is 9.90 Å². The van der Waals surface area contributed by atoms with E-state index in [0.29, 0.717) is 0 Å². The van der Waals surface area contributed by atoms with Gasteiger partial charge in [-0.1, -0.05) is 13.8 Å². The number of pyridine rings is 1. The fourth-order valence-corrected chi connectivity index (χ4v) is 2.55. The second-order valence-electron chi connectivity index (χ2n) is 5.75. The molecule has 2 aromatic heterocycles. The van der Waals surface area contributed by atoms with Crippen LogP contribution in [0.3, 0.4) is 0 Å². The smallest absolute Gasteiger partial charge is 0.274 e. The third-order valence-corrected chi connectivity index (χ3v) is 3.71. The van der Waals surface area contributed by atoms with Gasteiger partial charge in [0.1, 0.15) is 11.6 Å². The van der Waals surface area contributed by atoms with E-state index in [9.17, 15) is 9.90 Å². The molecule has 1 unspecified atom stereocenters. The molecule has 1 atom stereocenters. The van der Waals surface area contributed by atoms with Crippen LogP contribution in [0.15, 0.2) is 18.3 Å². The van der Waals surface area contributed by atoms with Gasteiger partial charge in [0.05, 0.1) is 6.04 Å². The Kier molecular flexibility index (Phi) is 3.79. The summed E-state index contributed by atoms with van der Waals surface area (Å²) in [5.74, 6) is 1.29. The number of carbonyl (C=O) groups is 1. The Morgan fingerprint density at radius 3 is 3.05 bits per heavy atom. The number of carbonyl (C=O) groups excluding carboxylic acids is 1. The van der Waals surface area contributed by atoms with E-state index in [4.69, 9.17) is 0 Å². The van der Waals surface area contributed by atoms with Gasteiger partial charge >= 0.3 is 0 Å². The highest BCUT2D eigenvalue weighted by atomic mass is 16.3. The Bertz CT molecular complexity index is 695. The Labute approximate surface area is 128 Å². The fourth-order valence-electron chi connectivity index (χ4n) is 2.55. The Balaban J connectivity index is 1.83. The number of aromatic hydroxyl groups is 1. The van der Waals surface area contributed by atoms with Crippen molar-refractivity contribution in [1.29, 1.82) is 0 Å². The van der Waals surface area contributed by atoms with Crippen LogP contribution in [0.25, 0.3) is 0 Å². The zero-order chi connectivity index (χ0) is 15.7. The Morgan fingerprint density at radius 2 is 2.32 bits per heavy atom. The monoisotopic (exact) mass is 301 g/mol. The van der Waals surface area contributed by atoms with Crippen LogP contribution >= 0.6 is 0 Å². The van der Waals surface area contributed by atoms with Gasteiger partial charge in [0.25, 0.3) is 5.91 Å². The first-order valence-electron chi connectivity index (χ1n) is 7.45. The second kappa shape index (κ2) is 5.75. The zero-order valence-corrected chi connectivity index (χ0v) is 12.7. The quantitative estimate of drug-likeness (QED) is 0.901. The topological polar surface area (TPSA) is 92.9 Å². The molecular formula is C15H19N5O2. The van der Waals surface area contributed by atoms with Crippen molar-refractivity contribution in [2.45, 2.75) is 45.2 Å². The molecule has 0 aromatic carbocycles. The minimum absolute atomic E-state index is 0.0308. The van der Waals surface area contributed by atoms with Gasteiger partial charge in [-0.15, -0.1) is 0 Å². The van der Waals surface area contributed by atoms with Crippen molar-refractivity contribution in [1.82, 2.24) is 25.1 Å². The first kappa shape index (κ1) is 14.5. The summed E-state index contributed by atoms with van der Waals surface area (Å²) < 4.78 is 1.86. The van der Waals surface area contributed by atoms with Crippen LogP contribution in [-0.4, -0.2) is 30.8 Å². The predicted octanol–water partition coefficient (Wildman–Crippen LogP) is 1.77. The molecule has 116 valence electrons.